The number of ether oxygens (including phenoxy) is 2. The van der Waals surface area contributed by atoms with E-state index in [1.54, 1.807) is 13.2 Å². The van der Waals surface area contributed by atoms with Crippen molar-refractivity contribution in [3.8, 4) is 5.75 Å². The van der Waals surface area contributed by atoms with Crippen LogP contribution < -0.4 is 4.74 Å². The van der Waals surface area contributed by atoms with Crippen molar-refractivity contribution in [3.63, 3.8) is 0 Å². The third-order valence-electron chi connectivity index (χ3n) is 5.42. The molecule has 3 nitrogen and oxygen atoms in total. The van der Waals surface area contributed by atoms with Gasteiger partial charge in [-0.3, -0.25) is 4.79 Å². The van der Waals surface area contributed by atoms with Crippen LogP contribution in [0.1, 0.15) is 74.2 Å². The predicted octanol–water partition coefficient (Wildman–Crippen LogP) is 8.09. The minimum atomic E-state index is -0.0186. The van der Waals surface area contributed by atoms with E-state index in [9.17, 15) is 4.79 Å². The van der Waals surface area contributed by atoms with Crippen LogP contribution in [0.4, 0.5) is 0 Å². The van der Waals surface area contributed by atoms with Crippen molar-refractivity contribution in [2.45, 2.75) is 60.8 Å². The fraction of sp³-hybridized carbons (Fsp3) is 0.344. The lowest BCUT2D eigenvalue weighted by molar-refractivity contribution is 0.0503. The van der Waals surface area contributed by atoms with Gasteiger partial charge in [0.1, 0.15) is 5.75 Å². The van der Waals surface area contributed by atoms with Crippen LogP contribution >= 0.6 is 0 Å². The zero-order valence-electron chi connectivity index (χ0n) is 22.4. The summed E-state index contributed by atoms with van der Waals surface area (Å²) in [6, 6.07) is 12.2. The molecule has 0 saturated carbocycles. The van der Waals surface area contributed by atoms with E-state index in [1.807, 2.05) is 36.4 Å². The fourth-order valence-corrected chi connectivity index (χ4v) is 3.55. The summed E-state index contributed by atoms with van der Waals surface area (Å²) in [5.41, 5.74) is 8.71. The van der Waals surface area contributed by atoms with Crippen molar-refractivity contribution in [1.29, 1.82) is 0 Å². The van der Waals surface area contributed by atoms with Crippen LogP contribution in [0, 0.1) is 0 Å². The van der Waals surface area contributed by atoms with Gasteiger partial charge < -0.3 is 9.47 Å². The maximum Gasteiger partial charge on any atom is 0.188 e. The zero-order valence-corrected chi connectivity index (χ0v) is 22.4. The highest BCUT2D eigenvalue weighted by Gasteiger charge is 2.10. The van der Waals surface area contributed by atoms with Crippen LogP contribution in [0.15, 0.2) is 77.4 Å². The molecule has 35 heavy (non-hydrogen) atoms. The molecule has 0 amide bonds. The highest BCUT2D eigenvalue weighted by Crippen LogP contribution is 2.27. The largest absolute Gasteiger partial charge is 0.467 e. The first-order chi connectivity index (χ1) is 16.7. The number of hydrogen-bond donors (Lipinski definition) is 0. The first-order valence-electron chi connectivity index (χ1n) is 12.2. The second-order valence-corrected chi connectivity index (χ2v) is 9.58. The molecule has 0 aliphatic carbocycles. The monoisotopic (exact) mass is 472 g/mol. The molecule has 3 heteroatoms. The third-order valence-corrected chi connectivity index (χ3v) is 5.42. The predicted molar refractivity (Wildman–Crippen MR) is 148 cm³/mol. The van der Waals surface area contributed by atoms with Gasteiger partial charge >= 0.3 is 0 Å². The SMILES string of the molecule is COCOc1c(C=CC(=O)c2cc(CC=C(C)C)cc(CC=C(C)C)c2)cccc1CC=C(C)C. The van der Waals surface area contributed by atoms with Gasteiger partial charge in [0.25, 0.3) is 0 Å². The van der Waals surface area contributed by atoms with E-state index in [-0.39, 0.29) is 12.6 Å². The van der Waals surface area contributed by atoms with E-state index in [4.69, 9.17) is 9.47 Å². The molecule has 2 aromatic rings. The second kappa shape index (κ2) is 14.3. The highest BCUT2D eigenvalue weighted by atomic mass is 16.7. The molecule has 2 aromatic carbocycles. The van der Waals surface area contributed by atoms with Crippen molar-refractivity contribution < 1.29 is 14.3 Å². The fourth-order valence-electron chi connectivity index (χ4n) is 3.55. The Morgan fingerprint density at radius 1 is 0.800 bits per heavy atom. The summed E-state index contributed by atoms with van der Waals surface area (Å²) in [5, 5.41) is 0. The minimum absolute atomic E-state index is 0.0186. The molecular formula is C32H40O3. The number of benzene rings is 2. The van der Waals surface area contributed by atoms with Gasteiger partial charge in [0.05, 0.1) is 0 Å². The first kappa shape index (κ1) is 28.1. The number of ketones is 1. The van der Waals surface area contributed by atoms with Crippen LogP contribution in [0.25, 0.3) is 6.08 Å². The minimum Gasteiger partial charge on any atom is -0.467 e. The number of methoxy groups -OCH3 is 1. The summed E-state index contributed by atoms with van der Waals surface area (Å²) in [7, 11) is 1.60. The summed E-state index contributed by atoms with van der Waals surface area (Å²) < 4.78 is 11.1. The van der Waals surface area contributed by atoms with E-state index in [1.165, 1.54) is 16.7 Å². The van der Waals surface area contributed by atoms with Crippen molar-refractivity contribution in [1.82, 2.24) is 0 Å². The number of carbonyl (C=O) groups excluding carboxylic acids is 1. The molecule has 0 saturated heterocycles. The maximum absolute atomic E-state index is 13.2. The topological polar surface area (TPSA) is 35.5 Å². The van der Waals surface area contributed by atoms with E-state index in [0.717, 1.165) is 47.3 Å². The number of allylic oxidation sites excluding steroid dienone is 7. The molecule has 0 bridgehead atoms. The average molecular weight is 473 g/mol. The molecule has 0 atom stereocenters. The summed E-state index contributed by atoms with van der Waals surface area (Å²) in [6.45, 7) is 12.7. The molecule has 0 fully saturated rings. The average Bonchev–Trinajstić information content (AvgIpc) is 2.82. The van der Waals surface area contributed by atoms with Crippen LogP contribution in [0.5, 0.6) is 5.75 Å². The molecule has 0 heterocycles. The van der Waals surface area contributed by atoms with E-state index in [0.29, 0.717) is 5.56 Å². The first-order valence-corrected chi connectivity index (χ1v) is 12.2. The van der Waals surface area contributed by atoms with Gasteiger partial charge in [-0.15, -0.1) is 0 Å². The van der Waals surface area contributed by atoms with Crippen molar-refractivity contribution in [3.05, 3.63) is 105 Å². The van der Waals surface area contributed by atoms with Gasteiger partial charge in [0, 0.05) is 18.2 Å². The Morgan fingerprint density at radius 3 is 1.91 bits per heavy atom. The van der Waals surface area contributed by atoms with Crippen molar-refractivity contribution in [2.75, 3.05) is 13.9 Å². The normalized spacial score (nSPS) is 10.7. The van der Waals surface area contributed by atoms with Gasteiger partial charge in [0.15, 0.2) is 12.6 Å². The van der Waals surface area contributed by atoms with Gasteiger partial charge in [-0.2, -0.15) is 0 Å². The maximum atomic E-state index is 13.2. The quantitative estimate of drug-likeness (QED) is 0.135. The van der Waals surface area contributed by atoms with Gasteiger partial charge in [-0.1, -0.05) is 59.2 Å². The smallest absolute Gasteiger partial charge is 0.188 e. The molecule has 0 unspecified atom stereocenters. The Hall–Kier alpha value is -3.17. The van der Waals surface area contributed by atoms with Crippen LogP contribution in [0.3, 0.4) is 0 Å². The third kappa shape index (κ3) is 9.92. The molecule has 186 valence electrons. The second-order valence-electron chi connectivity index (χ2n) is 9.58. The van der Waals surface area contributed by atoms with Gasteiger partial charge in [-0.05, 0) is 102 Å². The lowest BCUT2D eigenvalue weighted by Gasteiger charge is -2.13. The van der Waals surface area contributed by atoms with Crippen molar-refractivity contribution >= 4 is 11.9 Å². The molecule has 2 rings (SSSR count). The van der Waals surface area contributed by atoms with E-state index >= 15 is 0 Å². The van der Waals surface area contributed by atoms with E-state index < -0.39 is 0 Å². The van der Waals surface area contributed by atoms with Crippen LogP contribution in [0.2, 0.25) is 0 Å². The Bertz CT molecular complexity index is 1080. The van der Waals surface area contributed by atoms with E-state index in [2.05, 4.69) is 65.8 Å². The number of rotatable bonds is 12. The standard InChI is InChI=1S/C32H40O3/c1-23(2)11-14-26-19-27(15-12-24(3)4)21-30(20-26)31(33)18-17-29-10-8-9-28(16-13-25(5)6)32(29)35-22-34-7/h8-13,17-21H,14-16,22H2,1-7H3. The Morgan fingerprint density at radius 2 is 1.37 bits per heavy atom. The number of para-hydroxylation sites is 1. The summed E-state index contributed by atoms with van der Waals surface area (Å²) in [4.78, 5) is 13.2. The molecule has 0 N–H and O–H groups in total. The zero-order chi connectivity index (χ0) is 25.8. The molecule has 0 aliphatic rings. The van der Waals surface area contributed by atoms with Crippen LogP contribution in [-0.4, -0.2) is 19.7 Å². The van der Waals surface area contributed by atoms with Crippen molar-refractivity contribution in [2.24, 2.45) is 0 Å². The molecule has 0 aromatic heterocycles. The lowest BCUT2D eigenvalue weighted by atomic mass is 9.97. The van der Waals surface area contributed by atoms with Crippen LogP contribution in [-0.2, 0) is 24.0 Å². The molecule has 0 aliphatic heterocycles. The van der Waals surface area contributed by atoms with Gasteiger partial charge in [-0.25, -0.2) is 0 Å². The number of carbonyl (C=O) groups is 1. The summed E-state index contributed by atoms with van der Waals surface area (Å²) in [5.74, 6) is 0.729. The molecule has 0 radical (unpaired) electrons. The molecular weight excluding hydrogens is 432 g/mol. The highest BCUT2D eigenvalue weighted by molar-refractivity contribution is 6.07. The number of hydrogen-bond acceptors (Lipinski definition) is 3. The molecule has 0 spiro atoms. The lowest BCUT2D eigenvalue weighted by Crippen LogP contribution is -2.03. The Labute approximate surface area is 211 Å². The van der Waals surface area contributed by atoms with Gasteiger partial charge in [0.2, 0.25) is 0 Å². The Kier molecular flexibility index (Phi) is 11.5. The summed E-state index contributed by atoms with van der Waals surface area (Å²) in [6.07, 6.45) is 12.4. The Balaban J connectivity index is 2.40. The summed E-state index contributed by atoms with van der Waals surface area (Å²) >= 11 is 0.